The molecule has 0 heterocycles. The van der Waals surface area contributed by atoms with Gasteiger partial charge in [-0.2, -0.15) is 0 Å². The van der Waals surface area contributed by atoms with Crippen LogP contribution in [-0.4, -0.2) is 11.1 Å². The number of allylic oxidation sites excluding steroid dienone is 3. The molecule has 2 nitrogen and oxygen atoms in total. The number of benzene rings is 1. The zero-order chi connectivity index (χ0) is 15.5. The highest BCUT2D eigenvalue weighted by molar-refractivity contribution is 5.81. The van der Waals surface area contributed by atoms with Gasteiger partial charge in [0, 0.05) is 6.08 Å². The van der Waals surface area contributed by atoms with Gasteiger partial charge in [0.15, 0.2) is 0 Å². The molecule has 2 fully saturated rings. The molecule has 114 valence electrons. The van der Waals surface area contributed by atoms with Crippen molar-refractivity contribution in [3.63, 3.8) is 0 Å². The number of carboxylic acid groups (broad SMARTS) is 1. The lowest BCUT2D eigenvalue weighted by molar-refractivity contribution is -0.131. The Morgan fingerprint density at radius 3 is 2.50 bits per heavy atom. The number of carbonyl (C=O) groups is 1. The smallest absolute Gasteiger partial charge is 0.328 e. The van der Waals surface area contributed by atoms with Gasteiger partial charge in [0.1, 0.15) is 0 Å². The number of fused-ring (bicyclic) bond motifs is 2. The highest BCUT2D eigenvalue weighted by Crippen LogP contribution is 2.48. The lowest BCUT2D eigenvalue weighted by Gasteiger charge is -2.13. The van der Waals surface area contributed by atoms with Gasteiger partial charge in [-0.1, -0.05) is 48.1 Å². The molecule has 2 aliphatic rings. The molecule has 0 amide bonds. The number of carboxylic acids is 1. The van der Waals surface area contributed by atoms with Gasteiger partial charge in [-0.15, -0.1) is 0 Å². The molecule has 2 bridgehead atoms. The number of aliphatic carboxylic acids is 1. The van der Waals surface area contributed by atoms with Crippen molar-refractivity contribution in [2.24, 2.45) is 11.8 Å². The van der Waals surface area contributed by atoms with E-state index in [4.69, 9.17) is 5.11 Å². The first-order valence-corrected chi connectivity index (χ1v) is 8.00. The highest BCUT2D eigenvalue weighted by atomic mass is 16.4. The molecule has 2 unspecified atom stereocenters. The summed E-state index contributed by atoms with van der Waals surface area (Å²) in [5.74, 6) is 0.880. The molecule has 2 saturated carbocycles. The van der Waals surface area contributed by atoms with Gasteiger partial charge in [0.05, 0.1) is 0 Å². The maximum atomic E-state index is 10.6. The second-order valence-corrected chi connectivity index (χ2v) is 6.53. The number of hydrogen-bond donors (Lipinski definition) is 1. The van der Waals surface area contributed by atoms with Crippen LogP contribution in [0.1, 0.15) is 43.7 Å². The first-order chi connectivity index (χ1) is 10.6. The Labute approximate surface area is 131 Å². The van der Waals surface area contributed by atoms with Gasteiger partial charge in [0.25, 0.3) is 0 Å². The Hall–Kier alpha value is -2.09. The molecule has 2 aliphatic carbocycles. The Balaban J connectivity index is 1.67. The number of hydrogen-bond acceptors (Lipinski definition) is 1. The zero-order valence-corrected chi connectivity index (χ0v) is 13.0. The van der Waals surface area contributed by atoms with Crippen LogP contribution in [0, 0.1) is 11.8 Å². The summed E-state index contributed by atoms with van der Waals surface area (Å²) in [4.78, 5) is 10.6. The summed E-state index contributed by atoms with van der Waals surface area (Å²) in [6.45, 7) is 1.79. The van der Waals surface area contributed by atoms with E-state index in [1.807, 2.05) is 12.2 Å². The molecular formula is C20H22O2. The van der Waals surface area contributed by atoms with Gasteiger partial charge in [-0.05, 0) is 61.1 Å². The van der Waals surface area contributed by atoms with Crippen LogP contribution in [0.4, 0.5) is 0 Å². The maximum absolute atomic E-state index is 10.6. The minimum Gasteiger partial charge on any atom is -0.478 e. The third-order valence-electron chi connectivity index (χ3n) is 4.77. The van der Waals surface area contributed by atoms with Crippen molar-refractivity contribution in [3.05, 3.63) is 58.7 Å². The Morgan fingerprint density at radius 1 is 1.18 bits per heavy atom. The maximum Gasteiger partial charge on any atom is 0.328 e. The van der Waals surface area contributed by atoms with Gasteiger partial charge >= 0.3 is 5.97 Å². The average molecular weight is 294 g/mol. The fourth-order valence-corrected chi connectivity index (χ4v) is 3.66. The van der Waals surface area contributed by atoms with Crippen LogP contribution < -0.4 is 0 Å². The van der Waals surface area contributed by atoms with E-state index in [0.29, 0.717) is 0 Å². The van der Waals surface area contributed by atoms with Gasteiger partial charge in [-0.3, -0.25) is 0 Å². The molecule has 2 atom stereocenters. The Kier molecular flexibility index (Phi) is 4.28. The van der Waals surface area contributed by atoms with Crippen LogP contribution in [0.3, 0.4) is 0 Å². The quantitative estimate of drug-likeness (QED) is 0.631. The van der Waals surface area contributed by atoms with E-state index < -0.39 is 5.97 Å². The van der Waals surface area contributed by atoms with Crippen molar-refractivity contribution in [1.82, 2.24) is 0 Å². The first-order valence-electron chi connectivity index (χ1n) is 8.00. The molecule has 1 aromatic carbocycles. The standard InChI is InChI=1S/C20H22O2/c1-14(10-20(21)22)2-3-15-4-6-16(7-5-15)11-19-13-17-8-9-18(19)12-17/h2-7,10-11,17-18H,8-9,12-13H2,1H3,(H,21,22)/b3-2+,14-10+,19-11-. The monoisotopic (exact) mass is 294 g/mol. The van der Waals surface area contributed by atoms with Crippen LogP contribution in [0.5, 0.6) is 0 Å². The van der Waals surface area contributed by atoms with Crippen LogP contribution in [0.25, 0.3) is 12.2 Å². The van der Waals surface area contributed by atoms with Crippen LogP contribution in [-0.2, 0) is 4.79 Å². The predicted molar refractivity (Wildman–Crippen MR) is 90.3 cm³/mol. The van der Waals surface area contributed by atoms with E-state index in [2.05, 4.69) is 30.3 Å². The summed E-state index contributed by atoms with van der Waals surface area (Å²) in [6, 6.07) is 8.47. The second-order valence-electron chi connectivity index (χ2n) is 6.53. The topological polar surface area (TPSA) is 37.3 Å². The van der Waals surface area contributed by atoms with Gasteiger partial charge in [-0.25, -0.2) is 4.79 Å². The Morgan fingerprint density at radius 2 is 1.91 bits per heavy atom. The first kappa shape index (κ1) is 14.8. The SMILES string of the molecule is CC(/C=C/c1ccc(/C=C2/CC3CCC2C3)cc1)=C\C(=O)O. The minimum atomic E-state index is -0.907. The predicted octanol–water partition coefficient (Wildman–Crippen LogP) is 4.93. The van der Waals surface area contributed by atoms with E-state index >= 15 is 0 Å². The molecular weight excluding hydrogens is 272 g/mol. The van der Waals surface area contributed by atoms with Crippen LogP contribution >= 0.6 is 0 Å². The molecule has 0 aliphatic heterocycles. The molecule has 0 saturated heterocycles. The van der Waals surface area contributed by atoms with E-state index in [1.54, 1.807) is 12.5 Å². The fraction of sp³-hybridized carbons (Fsp3) is 0.350. The van der Waals surface area contributed by atoms with Gasteiger partial charge in [0.2, 0.25) is 0 Å². The van der Waals surface area contributed by atoms with Gasteiger partial charge < -0.3 is 5.11 Å². The van der Waals surface area contributed by atoms with Crippen molar-refractivity contribution in [2.75, 3.05) is 0 Å². The lowest BCUT2D eigenvalue weighted by atomic mass is 9.93. The van der Waals surface area contributed by atoms with Crippen molar-refractivity contribution < 1.29 is 9.90 Å². The van der Waals surface area contributed by atoms with Crippen LogP contribution in [0.2, 0.25) is 0 Å². The third-order valence-corrected chi connectivity index (χ3v) is 4.77. The molecule has 3 rings (SSSR count). The fourth-order valence-electron chi connectivity index (χ4n) is 3.66. The molecule has 1 aromatic rings. The summed E-state index contributed by atoms with van der Waals surface area (Å²) in [5, 5.41) is 8.68. The van der Waals surface area contributed by atoms with Crippen molar-refractivity contribution >= 4 is 18.1 Å². The van der Waals surface area contributed by atoms with E-state index in [-0.39, 0.29) is 0 Å². The normalized spacial score (nSPS) is 26.2. The van der Waals surface area contributed by atoms with E-state index in [1.165, 1.54) is 37.3 Å². The molecule has 22 heavy (non-hydrogen) atoms. The van der Waals surface area contributed by atoms with Crippen molar-refractivity contribution in [3.8, 4) is 0 Å². The van der Waals surface area contributed by atoms with E-state index in [0.717, 1.165) is 23.0 Å². The second kappa shape index (κ2) is 6.35. The van der Waals surface area contributed by atoms with Crippen molar-refractivity contribution in [1.29, 1.82) is 0 Å². The van der Waals surface area contributed by atoms with Crippen molar-refractivity contribution in [2.45, 2.75) is 32.6 Å². The average Bonchev–Trinajstić information content (AvgIpc) is 3.08. The summed E-state index contributed by atoms with van der Waals surface area (Å²) < 4.78 is 0. The molecule has 1 N–H and O–H groups in total. The highest BCUT2D eigenvalue weighted by Gasteiger charge is 2.34. The van der Waals surface area contributed by atoms with E-state index in [9.17, 15) is 4.79 Å². The molecule has 0 spiro atoms. The molecule has 0 radical (unpaired) electrons. The van der Waals surface area contributed by atoms with Crippen LogP contribution in [0.15, 0.2) is 47.6 Å². The minimum absolute atomic E-state index is 0.737. The largest absolute Gasteiger partial charge is 0.478 e. The molecule has 2 heteroatoms. The molecule has 0 aromatic heterocycles. The summed E-state index contributed by atoms with van der Waals surface area (Å²) in [5.41, 5.74) is 4.74. The summed E-state index contributed by atoms with van der Waals surface area (Å²) in [7, 11) is 0. The number of rotatable bonds is 4. The zero-order valence-electron chi connectivity index (χ0n) is 13.0. The summed E-state index contributed by atoms with van der Waals surface area (Å²) in [6.07, 6.45) is 12.9. The third kappa shape index (κ3) is 3.56. The Bertz CT molecular complexity index is 647. The summed E-state index contributed by atoms with van der Waals surface area (Å²) >= 11 is 0. The lowest BCUT2D eigenvalue weighted by Crippen LogP contribution is -1.97.